The lowest BCUT2D eigenvalue weighted by Gasteiger charge is -2.48. The van der Waals surface area contributed by atoms with Crippen molar-refractivity contribution in [3.05, 3.63) is 27.7 Å². The first-order chi connectivity index (χ1) is 12.3. The van der Waals surface area contributed by atoms with Crippen molar-refractivity contribution >= 4 is 11.8 Å². The minimum absolute atomic E-state index is 0.000583. The lowest BCUT2D eigenvalue weighted by molar-refractivity contribution is -0.143. The molecule has 2 amide bonds. The first-order valence-corrected chi connectivity index (χ1v) is 9.44. The summed E-state index contributed by atoms with van der Waals surface area (Å²) in [6.45, 7) is 8.48. The first kappa shape index (κ1) is 18.6. The van der Waals surface area contributed by atoms with Crippen molar-refractivity contribution in [2.45, 2.75) is 53.0 Å². The van der Waals surface area contributed by atoms with Crippen LogP contribution in [-0.4, -0.2) is 57.6 Å². The summed E-state index contributed by atoms with van der Waals surface area (Å²) in [5.74, 6) is 0.148. The van der Waals surface area contributed by atoms with Gasteiger partial charge in [0.1, 0.15) is 6.54 Å². The summed E-state index contributed by atoms with van der Waals surface area (Å²) >= 11 is 0. The van der Waals surface area contributed by atoms with Crippen LogP contribution in [0.3, 0.4) is 0 Å². The summed E-state index contributed by atoms with van der Waals surface area (Å²) in [5.41, 5.74) is 1.35. The standard InChI is InChI=1S/C19H28N4O3/c1-4-21-12-19(8-6-16(21)24)7-5-9-22(13-19)18(26)11-23-17(25)10-14(2)15(3)20-23/h10H,4-9,11-13H2,1-3H3/t19-/m1/s1. The molecule has 26 heavy (non-hydrogen) atoms. The smallest absolute Gasteiger partial charge is 0.267 e. The van der Waals surface area contributed by atoms with Gasteiger partial charge in [-0.3, -0.25) is 14.4 Å². The monoisotopic (exact) mass is 360 g/mol. The zero-order valence-corrected chi connectivity index (χ0v) is 16.0. The SMILES string of the molecule is CCN1C[C@@]2(CCCN(C(=O)Cn3nc(C)c(C)cc3=O)C2)CCC1=O. The number of nitrogens with zero attached hydrogens (tertiary/aromatic N) is 4. The van der Waals surface area contributed by atoms with Crippen molar-refractivity contribution in [1.82, 2.24) is 19.6 Å². The molecule has 0 N–H and O–H groups in total. The lowest BCUT2D eigenvalue weighted by atomic mass is 9.73. The van der Waals surface area contributed by atoms with Gasteiger partial charge >= 0.3 is 0 Å². The number of rotatable bonds is 3. The Balaban J connectivity index is 1.72. The number of amides is 2. The second-order valence-corrected chi connectivity index (χ2v) is 7.74. The summed E-state index contributed by atoms with van der Waals surface area (Å²) in [4.78, 5) is 40.7. The van der Waals surface area contributed by atoms with Gasteiger partial charge in [0, 0.05) is 44.1 Å². The molecule has 2 aliphatic rings. The Bertz CT molecular complexity index is 773. The van der Waals surface area contributed by atoms with Crippen LogP contribution in [0, 0.1) is 19.3 Å². The number of carbonyl (C=O) groups excluding carboxylic acids is 2. The largest absolute Gasteiger partial charge is 0.342 e. The van der Waals surface area contributed by atoms with E-state index in [0.717, 1.165) is 43.6 Å². The molecule has 2 aliphatic heterocycles. The quantitative estimate of drug-likeness (QED) is 0.809. The van der Waals surface area contributed by atoms with Crippen molar-refractivity contribution in [2.75, 3.05) is 26.2 Å². The highest BCUT2D eigenvalue weighted by Gasteiger charge is 2.42. The zero-order valence-electron chi connectivity index (χ0n) is 16.0. The fourth-order valence-corrected chi connectivity index (χ4v) is 4.16. The summed E-state index contributed by atoms with van der Waals surface area (Å²) < 4.78 is 1.26. The molecule has 3 rings (SSSR count). The van der Waals surface area contributed by atoms with Gasteiger partial charge in [-0.25, -0.2) is 4.68 Å². The highest BCUT2D eigenvalue weighted by Crippen LogP contribution is 2.38. The highest BCUT2D eigenvalue weighted by molar-refractivity contribution is 5.78. The predicted octanol–water partition coefficient (Wildman–Crippen LogP) is 1.11. The summed E-state index contributed by atoms with van der Waals surface area (Å²) in [6, 6.07) is 1.53. The average molecular weight is 360 g/mol. The molecule has 1 atom stereocenters. The highest BCUT2D eigenvalue weighted by atomic mass is 16.2. The second-order valence-electron chi connectivity index (χ2n) is 7.74. The maximum Gasteiger partial charge on any atom is 0.267 e. The van der Waals surface area contributed by atoms with E-state index in [1.54, 1.807) is 0 Å². The van der Waals surface area contributed by atoms with Crippen molar-refractivity contribution < 1.29 is 9.59 Å². The van der Waals surface area contributed by atoms with Gasteiger partial charge in [0.2, 0.25) is 11.8 Å². The normalized spacial score (nSPS) is 23.6. The van der Waals surface area contributed by atoms with Crippen LogP contribution in [-0.2, 0) is 16.1 Å². The molecule has 142 valence electrons. The Morgan fingerprint density at radius 2 is 2.00 bits per heavy atom. The van der Waals surface area contributed by atoms with E-state index in [-0.39, 0.29) is 29.3 Å². The fraction of sp³-hybridized carbons (Fsp3) is 0.684. The summed E-state index contributed by atoms with van der Waals surface area (Å²) in [6.07, 6.45) is 3.39. The zero-order chi connectivity index (χ0) is 18.9. The van der Waals surface area contributed by atoms with Crippen LogP contribution in [0.2, 0.25) is 0 Å². The van der Waals surface area contributed by atoms with E-state index in [4.69, 9.17) is 0 Å². The van der Waals surface area contributed by atoms with E-state index in [0.29, 0.717) is 19.5 Å². The summed E-state index contributed by atoms with van der Waals surface area (Å²) in [5, 5.41) is 4.25. The molecule has 2 fully saturated rings. The van der Waals surface area contributed by atoms with E-state index >= 15 is 0 Å². The summed E-state index contributed by atoms with van der Waals surface area (Å²) in [7, 11) is 0. The maximum absolute atomic E-state index is 12.8. The molecule has 2 saturated heterocycles. The maximum atomic E-state index is 12.8. The molecule has 0 aromatic carbocycles. The van der Waals surface area contributed by atoms with E-state index in [1.807, 2.05) is 30.6 Å². The third kappa shape index (κ3) is 3.66. The minimum atomic E-state index is -0.242. The van der Waals surface area contributed by atoms with Gasteiger partial charge in [-0.2, -0.15) is 5.10 Å². The Labute approximate surface area is 154 Å². The Morgan fingerprint density at radius 1 is 1.23 bits per heavy atom. The Hall–Kier alpha value is -2.18. The molecule has 0 aliphatic carbocycles. The van der Waals surface area contributed by atoms with Gasteiger partial charge in [-0.15, -0.1) is 0 Å². The fourth-order valence-electron chi connectivity index (χ4n) is 4.16. The molecule has 1 aromatic rings. The molecule has 3 heterocycles. The number of hydrogen-bond acceptors (Lipinski definition) is 4. The average Bonchev–Trinajstić information content (AvgIpc) is 2.62. The number of piperidine rings is 2. The van der Waals surface area contributed by atoms with Crippen LogP contribution in [0.25, 0.3) is 0 Å². The topological polar surface area (TPSA) is 75.5 Å². The Morgan fingerprint density at radius 3 is 2.73 bits per heavy atom. The van der Waals surface area contributed by atoms with Gasteiger partial charge in [0.05, 0.1) is 5.69 Å². The molecule has 0 bridgehead atoms. The molecule has 0 radical (unpaired) electrons. The van der Waals surface area contributed by atoms with Crippen LogP contribution in [0.15, 0.2) is 10.9 Å². The minimum Gasteiger partial charge on any atom is -0.342 e. The van der Waals surface area contributed by atoms with Crippen LogP contribution in [0.1, 0.15) is 43.9 Å². The van der Waals surface area contributed by atoms with Crippen LogP contribution in [0.5, 0.6) is 0 Å². The molecule has 7 nitrogen and oxygen atoms in total. The van der Waals surface area contributed by atoms with Crippen molar-refractivity contribution in [2.24, 2.45) is 5.41 Å². The number of carbonyl (C=O) groups is 2. The molecular formula is C19H28N4O3. The van der Waals surface area contributed by atoms with Crippen molar-refractivity contribution in [3.63, 3.8) is 0 Å². The van der Waals surface area contributed by atoms with Gasteiger partial charge in [0.15, 0.2) is 0 Å². The van der Waals surface area contributed by atoms with Crippen LogP contribution < -0.4 is 5.56 Å². The third-order valence-electron chi connectivity index (χ3n) is 5.86. The molecular weight excluding hydrogens is 332 g/mol. The predicted molar refractivity (Wildman–Crippen MR) is 97.7 cm³/mol. The van der Waals surface area contributed by atoms with Gasteiger partial charge < -0.3 is 9.80 Å². The van der Waals surface area contributed by atoms with E-state index in [1.165, 1.54) is 10.7 Å². The van der Waals surface area contributed by atoms with Crippen molar-refractivity contribution in [1.29, 1.82) is 0 Å². The number of aromatic nitrogens is 2. The molecule has 0 saturated carbocycles. The number of aryl methyl sites for hydroxylation is 2. The van der Waals surface area contributed by atoms with E-state index in [9.17, 15) is 14.4 Å². The van der Waals surface area contributed by atoms with Crippen LogP contribution in [0.4, 0.5) is 0 Å². The number of hydrogen-bond donors (Lipinski definition) is 0. The Kier molecular flexibility index (Phi) is 5.16. The molecule has 7 heteroatoms. The van der Waals surface area contributed by atoms with E-state index in [2.05, 4.69) is 5.10 Å². The van der Waals surface area contributed by atoms with E-state index < -0.39 is 0 Å². The van der Waals surface area contributed by atoms with Gasteiger partial charge in [-0.05, 0) is 45.6 Å². The first-order valence-electron chi connectivity index (χ1n) is 9.44. The second kappa shape index (κ2) is 7.21. The van der Waals surface area contributed by atoms with Crippen molar-refractivity contribution in [3.8, 4) is 0 Å². The molecule has 0 unspecified atom stereocenters. The van der Waals surface area contributed by atoms with Gasteiger partial charge in [-0.1, -0.05) is 0 Å². The number of likely N-dealkylation sites (tertiary alicyclic amines) is 2. The third-order valence-corrected chi connectivity index (χ3v) is 5.86. The molecule has 1 aromatic heterocycles. The van der Waals surface area contributed by atoms with Gasteiger partial charge in [0.25, 0.3) is 5.56 Å². The lowest BCUT2D eigenvalue weighted by Crippen LogP contribution is -2.55. The van der Waals surface area contributed by atoms with Crippen LogP contribution >= 0.6 is 0 Å². The molecule has 1 spiro atoms.